The molecule has 0 spiro atoms. The summed E-state index contributed by atoms with van der Waals surface area (Å²) in [4.78, 5) is 20.6. The van der Waals surface area contributed by atoms with Crippen LogP contribution < -0.4 is 0 Å². The van der Waals surface area contributed by atoms with Crippen LogP contribution in [0.5, 0.6) is 0 Å². The zero-order chi connectivity index (χ0) is 7.56. The fraction of sp³-hybridized carbons (Fsp3) is 0.833. The van der Waals surface area contributed by atoms with Gasteiger partial charge < -0.3 is 4.74 Å². The maximum atomic E-state index is 10.6. The lowest BCUT2D eigenvalue weighted by Crippen LogP contribution is -2.29. The Morgan fingerprint density at radius 2 is 2.40 bits per heavy atom. The molecule has 0 aromatic carbocycles. The van der Waals surface area contributed by atoms with Crippen LogP contribution in [0.1, 0.15) is 19.8 Å². The van der Waals surface area contributed by atoms with E-state index in [-0.39, 0.29) is 24.5 Å². The third-order valence-corrected chi connectivity index (χ3v) is 1.49. The number of rotatable bonds is 1. The SMILES string of the molecule is C[C@@H]1C[C@H](N=O)CC(=O)O1. The fourth-order valence-electron chi connectivity index (χ4n) is 1.06. The van der Waals surface area contributed by atoms with Gasteiger partial charge in [-0.25, -0.2) is 0 Å². The number of carbonyl (C=O) groups excluding carboxylic acids is 1. The predicted octanol–water partition coefficient (Wildman–Crippen LogP) is 0.847. The first kappa shape index (κ1) is 7.18. The Bertz CT molecular complexity index is 157. The molecule has 1 saturated heterocycles. The molecule has 0 amide bonds. The molecule has 4 heteroatoms. The standard InChI is InChI=1S/C6H9NO3/c1-4-2-5(7-9)3-6(8)10-4/h4-5H,2-3H2,1H3/t4-,5+/m1/s1. The molecule has 4 nitrogen and oxygen atoms in total. The number of nitrogens with zero attached hydrogens (tertiary/aromatic N) is 1. The lowest BCUT2D eigenvalue weighted by atomic mass is 10.1. The molecular formula is C6H9NO3. The molecule has 0 unspecified atom stereocenters. The number of cyclic esters (lactones) is 1. The van der Waals surface area contributed by atoms with Crippen LogP contribution in [0.3, 0.4) is 0 Å². The van der Waals surface area contributed by atoms with E-state index in [0.717, 1.165) is 0 Å². The quantitative estimate of drug-likeness (QED) is 0.404. The second-order valence-corrected chi connectivity index (χ2v) is 2.50. The molecule has 1 aliphatic heterocycles. The molecule has 0 saturated carbocycles. The first-order valence-electron chi connectivity index (χ1n) is 3.24. The minimum atomic E-state index is -0.365. The van der Waals surface area contributed by atoms with Crippen molar-refractivity contribution in [2.75, 3.05) is 0 Å². The Morgan fingerprint density at radius 3 is 2.90 bits per heavy atom. The molecule has 1 aliphatic rings. The lowest BCUT2D eigenvalue weighted by Gasteiger charge is -2.21. The van der Waals surface area contributed by atoms with Gasteiger partial charge in [0.15, 0.2) is 0 Å². The van der Waals surface area contributed by atoms with Gasteiger partial charge in [0.05, 0.1) is 6.42 Å². The zero-order valence-corrected chi connectivity index (χ0v) is 5.74. The highest BCUT2D eigenvalue weighted by molar-refractivity contribution is 5.71. The van der Waals surface area contributed by atoms with Gasteiger partial charge in [-0.3, -0.25) is 4.79 Å². The first-order chi connectivity index (χ1) is 4.72. The van der Waals surface area contributed by atoms with Gasteiger partial charge in [0.1, 0.15) is 12.1 Å². The van der Waals surface area contributed by atoms with E-state index in [1.54, 1.807) is 6.92 Å². The van der Waals surface area contributed by atoms with Gasteiger partial charge in [0.2, 0.25) is 0 Å². The van der Waals surface area contributed by atoms with Crippen molar-refractivity contribution in [1.82, 2.24) is 0 Å². The maximum absolute atomic E-state index is 10.6. The van der Waals surface area contributed by atoms with Crippen molar-refractivity contribution in [2.45, 2.75) is 31.9 Å². The van der Waals surface area contributed by atoms with E-state index in [0.29, 0.717) is 6.42 Å². The van der Waals surface area contributed by atoms with Crippen LogP contribution in [0.2, 0.25) is 0 Å². The second kappa shape index (κ2) is 2.77. The molecule has 0 bridgehead atoms. The molecule has 2 atom stereocenters. The molecule has 0 aliphatic carbocycles. The molecular weight excluding hydrogens is 134 g/mol. The topological polar surface area (TPSA) is 55.7 Å². The van der Waals surface area contributed by atoms with Gasteiger partial charge in [-0.15, -0.1) is 0 Å². The van der Waals surface area contributed by atoms with Crippen molar-refractivity contribution >= 4 is 5.97 Å². The van der Waals surface area contributed by atoms with E-state index in [9.17, 15) is 9.70 Å². The third kappa shape index (κ3) is 1.52. The average molecular weight is 143 g/mol. The van der Waals surface area contributed by atoms with E-state index in [1.165, 1.54) is 0 Å². The van der Waals surface area contributed by atoms with Gasteiger partial charge >= 0.3 is 5.97 Å². The van der Waals surface area contributed by atoms with Crippen molar-refractivity contribution in [3.63, 3.8) is 0 Å². The molecule has 0 radical (unpaired) electrons. The van der Waals surface area contributed by atoms with E-state index >= 15 is 0 Å². The summed E-state index contributed by atoms with van der Waals surface area (Å²) in [6.45, 7) is 1.76. The molecule has 56 valence electrons. The Balaban J connectivity index is 2.50. The summed E-state index contributed by atoms with van der Waals surface area (Å²) in [6.07, 6.45) is 0.562. The van der Waals surface area contributed by atoms with Crippen LogP contribution in [0, 0.1) is 4.91 Å². The number of hydrogen-bond acceptors (Lipinski definition) is 4. The van der Waals surface area contributed by atoms with Gasteiger partial charge in [0.25, 0.3) is 0 Å². The number of hydrogen-bond donors (Lipinski definition) is 0. The molecule has 1 rings (SSSR count). The van der Waals surface area contributed by atoms with Gasteiger partial charge in [-0.1, -0.05) is 5.18 Å². The zero-order valence-electron chi connectivity index (χ0n) is 5.74. The van der Waals surface area contributed by atoms with Crippen LogP contribution in [-0.2, 0) is 9.53 Å². The van der Waals surface area contributed by atoms with Gasteiger partial charge in [-0.05, 0) is 6.92 Å². The van der Waals surface area contributed by atoms with E-state index in [4.69, 9.17) is 4.74 Å². The van der Waals surface area contributed by atoms with Crippen molar-refractivity contribution in [3.05, 3.63) is 4.91 Å². The van der Waals surface area contributed by atoms with Crippen molar-refractivity contribution in [1.29, 1.82) is 0 Å². The van der Waals surface area contributed by atoms with E-state index in [2.05, 4.69) is 5.18 Å². The van der Waals surface area contributed by atoms with Gasteiger partial charge in [0, 0.05) is 6.42 Å². The molecule has 1 fully saturated rings. The normalized spacial score (nSPS) is 33.1. The summed E-state index contributed by atoms with van der Waals surface area (Å²) in [7, 11) is 0. The molecule has 0 aromatic rings. The first-order valence-corrected chi connectivity index (χ1v) is 3.24. The summed E-state index contributed by atoms with van der Waals surface area (Å²) in [5.74, 6) is -0.316. The molecule has 0 aromatic heterocycles. The maximum Gasteiger partial charge on any atom is 0.308 e. The smallest absolute Gasteiger partial charge is 0.308 e. The van der Waals surface area contributed by atoms with Crippen LogP contribution in [-0.4, -0.2) is 18.1 Å². The second-order valence-electron chi connectivity index (χ2n) is 2.50. The minimum Gasteiger partial charge on any atom is -0.463 e. The number of carbonyl (C=O) groups is 1. The predicted molar refractivity (Wildman–Crippen MR) is 34.4 cm³/mol. The minimum absolute atomic E-state index is 0.147. The Kier molecular flexibility index (Phi) is 1.99. The van der Waals surface area contributed by atoms with Crippen molar-refractivity contribution in [2.24, 2.45) is 5.18 Å². The summed E-state index contributed by atoms with van der Waals surface area (Å²) < 4.78 is 4.78. The Hall–Kier alpha value is -0.930. The van der Waals surface area contributed by atoms with Gasteiger partial charge in [-0.2, -0.15) is 4.91 Å². The summed E-state index contributed by atoms with van der Waals surface area (Å²) in [5.41, 5.74) is 0. The Morgan fingerprint density at radius 1 is 1.70 bits per heavy atom. The molecule has 10 heavy (non-hydrogen) atoms. The van der Waals surface area contributed by atoms with Crippen molar-refractivity contribution in [3.8, 4) is 0 Å². The summed E-state index contributed by atoms with van der Waals surface area (Å²) in [6, 6.07) is -0.365. The third-order valence-electron chi connectivity index (χ3n) is 1.49. The Labute approximate surface area is 58.5 Å². The fourth-order valence-corrected chi connectivity index (χ4v) is 1.06. The monoisotopic (exact) mass is 143 g/mol. The molecule has 0 N–H and O–H groups in total. The highest BCUT2D eigenvalue weighted by Gasteiger charge is 2.26. The van der Waals surface area contributed by atoms with Crippen LogP contribution in [0.15, 0.2) is 5.18 Å². The van der Waals surface area contributed by atoms with E-state index < -0.39 is 0 Å². The highest BCUT2D eigenvalue weighted by atomic mass is 16.5. The van der Waals surface area contributed by atoms with Crippen molar-refractivity contribution < 1.29 is 9.53 Å². The van der Waals surface area contributed by atoms with E-state index in [1.807, 2.05) is 0 Å². The van der Waals surface area contributed by atoms with Crippen LogP contribution in [0.4, 0.5) is 0 Å². The largest absolute Gasteiger partial charge is 0.463 e. The number of nitroso groups, excluding NO2 is 1. The molecule has 1 heterocycles. The average Bonchev–Trinajstić information content (AvgIpc) is 1.85. The number of esters is 1. The van der Waals surface area contributed by atoms with Crippen LogP contribution >= 0.6 is 0 Å². The highest BCUT2D eigenvalue weighted by Crippen LogP contribution is 2.16. The summed E-state index contributed by atoms with van der Waals surface area (Å²) in [5, 5.41) is 2.80. The number of ether oxygens (including phenoxy) is 1. The van der Waals surface area contributed by atoms with Crippen LogP contribution in [0.25, 0.3) is 0 Å². The summed E-state index contributed by atoms with van der Waals surface area (Å²) >= 11 is 0. The lowest BCUT2D eigenvalue weighted by molar-refractivity contribution is -0.153.